The van der Waals surface area contributed by atoms with Crippen LogP contribution in [0.15, 0.2) is 24.3 Å². The fraction of sp³-hybridized carbons (Fsp3) is 0.385. The van der Waals surface area contributed by atoms with Crippen LogP contribution in [0.25, 0.3) is 10.2 Å². The lowest BCUT2D eigenvalue weighted by atomic mass is 10.3. The quantitative estimate of drug-likeness (QED) is 0.912. The van der Waals surface area contributed by atoms with E-state index in [2.05, 4.69) is 10.4 Å². The molecule has 1 aromatic heterocycles. The van der Waals surface area contributed by atoms with E-state index in [0.29, 0.717) is 31.5 Å². The van der Waals surface area contributed by atoms with Crippen molar-refractivity contribution in [1.29, 1.82) is 0 Å². The van der Waals surface area contributed by atoms with E-state index in [-0.39, 0.29) is 12.5 Å². The number of nitrogens with one attached hydrogen (secondary N) is 1. The molecule has 20 heavy (non-hydrogen) atoms. The summed E-state index contributed by atoms with van der Waals surface area (Å²) in [6.45, 7) is 2.65. The molecule has 2 aromatic rings. The Labute approximate surface area is 120 Å². The Bertz CT molecular complexity index is 562. The SMILES string of the molecule is O=C(COc1nc2ccccc2s1)NN1CCOCC1. The molecule has 0 radical (unpaired) electrons. The third kappa shape index (κ3) is 3.24. The van der Waals surface area contributed by atoms with Crippen LogP contribution in [0.2, 0.25) is 0 Å². The molecule has 0 saturated carbocycles. The molecule has 7 heteroatoms. The number of fused-ring (bicyclic) bond motifs is 1. The normalized spacial score (nSPS) is 16.2. The molecule has 3 rings (SSSR count). The van der Waals surface area contributed by atoms with Crippen LogP contribution in [0.4, 0.5) is 0 Å². The molecule has 0 unspecified atom stereocenters. The van der Waals surface area contributed by atoms with Crippen molar-refractivity contribution in [2.45, 2.75) is 0 Å². The van der Waals surface area contributed by atoms with Gasteiger partial charge in [0.25, 0.3) is 11.1 Å². The van der Waals surface area contributed by atoms with E-state index >= 15 is 0 Å². The smallest absolute Gasteiger partial charge is 0.274 e. The van der Waals surface area contributed by atoms with Gasteiger partial charge in [-0.3, -0.25) is 10.2 Å². The van der Waals surface area contributed by atoms with Gasteiger partial charge in [0.1, 0.15) is 0 Å². The van der Waals surface area contributed by atoms with E-state index in [0.717, 1.165) is 10.2 Å². The first kappa shape index (κ1) is 13.3. The van der Waals surface area contributed by atoms with Crippen molar-refractivity contribution < 1.29 is 14.3 Å². The van der Waals surface area contributed by atoms with Gasteiger partial charge in [-0.25, -0.2) is 9.99 Å². The molecule has 1 N–H and O–H groups in total. The molecule has 1 aliphatic rings. The van der Waals surface area contributed by atoms with E-state index in [1.54, 1.807) is 0 Å². The molecule has 2 heterocycles. The first-order valence-corrected chi connectivity index (χ1v) is 7.23. The number of ether oxygens (including phenoxy) is 2. The molecular formula is C13H15N3O3S. The van der Waals surface area contributed by atoms with Crippen LogP contribution in [0.1, 0.15) is 0 Å². The number of para-hydroxylation sites is 1. The summed E-state index contributed by atoms with van der Waals surface area (Å²) in [5.74, 6) is -0.175. The van der Waals surface area contributed by atoms with Gasteiger partial charge in [0, 0.05) is 13.1 Å². The lowest BCUT2D eigenvalue weighted by molar-refractivity contribution is -0.130. The van der Waals surface area contributed by atoms with E-state index in [1.165, 1.54) is 11.3 Å². The monoisotopic (exact) mass is 293 g/mol. The number of hydrogen-bond donors (Lipinski definition) is 1. The van der Waals surface area contributed by atoms with Gasteiger partial charge in [0.15, 0.2) is 6.61 Å². The molecule has 0 atom stereocenters. The van der Waals surface area contributed by atoms with Gasteiger partial charge in [0.05, 0.1) is 23.4 Å². The second kappa shape index (κ2) is 6.17. The van der Waals surface area contributed by atoms with E-state index in [1.807, 2.05) is 29.3 Å². The second-order valence-electron chi connectivity index (χ2n) is 4.37. The number of aromatic nitrogens is 1. The Morgan fingerprint density at radius 3 is 3.00 bits per heavy atom. The van der Waals surface area contributed by atoms with Gasteiger partial charge < -0.3 is 9.47 Å². The fourth-order valence-corrected chi connectivity index (χ4v) is 2.74. The second-order valence-corrected chi connectivity index (χ2v) is 5.36. The first-order chi connectivity index (χ1) is 9.81. The van der Waals surface area contributed by atoms with Crippen molar-refractivity contribution in [3.05, 3.63) is 24.3 Å². The number of hydrazine groups is 1. The number of carbonyl (C=O) groups is 1. The zero-order valence-corrected chi connectivity index (χ0v) is 11.7. The van der Waals surface area contributed by atoms with Crippen LogP contribution >= 0.6 is 11.3 Å². The van der Waals surface area contributed by atoms with E-state index in [4.69, 9.17) is 9.47 Å². The average molecular weight is 293 g/mol. The maximum atomic E-state index is 11.8. The minimum Gasteiger partial charge on any atom is -0.460 e. The number of morpholine rings is 1. The van der Waals surface area contributed by atoms with Crippen molar-refractivity contribution >= 4 is 27.5 Å². The van der Waals surface area contributed by atoms with Crippen LogP contribution in [-0.2, 0) is 9.53 Å². The van der Waals surface area contributed by atoms with E-state index in [9.17, 15) is 4.79 Å². The zero-order valence-electron chi connectivity index (χ0n) is 10.9. The Hall–Kier alpha value is -1.70. The molecule has 1 fully saturated rings. The number of rotatable bonds is 4. The van der Waals surface area contributed by atoms with Crippen molar-refractivity contribution in [3.8, 4) is 5.19 Å². The standard InChI is InChI=1S/C13H15N3O3S/c17-12(15-16-5-7-18-8-6-16)9-19-13-14-10-3-1-2-4-11(10)20-13/h1-4H,5-9H2,(H,15,17). The van der Waals surface area contributed by atoms with Gasteiger partial charge in [-0.05, 0) is 12.1 Å². The summed E-state index contributed by atoms with van der Waals surface area (Å²) in [7, 11) is 0. The third-order valence-corrected chi connectivity index (χ3v) is 3.84. The molecule has 0 spiro atoms. The molecular weight excluding hydrogens is 278 g/mol. The maximum Gasteiger partial charge on any atom is 0.274 e. The largest absolute Gasteiger partial charge is 0.460 e. The molecule has 1 saturated heterocycles. The van der Waals surface area contributed by atoms with Gasteiger partial charge in [0.2, 0.25) is 0 Å². The number of hydrogen-bond acceptors (Lipinski definition) is 6. The van der Waals surface area contributed by atoms with Crippen LogP contribution in [-0.4, -0.2) is 48.8 Å². The summed E-state index contributed by atoms with van der Waals surface area (Å²) < 4.78 is 11.7. The molecule has 106 valence electrons. The Morgan fingerprint density at radius 1 is 1.40 bits per heavy atom. The molecule has 0 bridgehead atoms. The molecule has 6 nitrogen and oxygen atoms in total. The number of benzene rings is 1. The van der Waals surface area contributed by atoms with Gasteiger partial charge >= 0.3 is 0 Å². The Morgan fingerprint density at radius 2 is 2.20 bits per heavy atom. The predicted molar refractivity (Wildman–Crippen MR) is 75.6 cm³/mol. The van der Waals surface area contributed by atoms with Crippen LogP contribution < -0.4 is 10.2 Å². The number of carbonyl (C=O) groups excluding carboxylic acids is 1. The number of thiazole rings is 1. The maximum absolute atomic E-state index is 11.8. The van der Waals surface area contributed by atoms with Crippen molar-refractivity contribution in [2.24, 2.45) is 0 Å². The average Bonchev–Trinajstić information content (AvgIpc) is 2.89. The summed E-state index contributed by atoms with van der Waals surface area (Å²) in [5.41, 5.74) is 3.68. The zero-order chi connectivity index (χ0) is 13.8. The topological polar surface area (TPSA) is 63.7 Å². The lowest BCUT2D eigenvalue weighted by Crippen LogP contribution is -2.49. The van der Waals surface area contributed by atoms with Gasteiger partial charge in [-0.15, -0.1) is 0 Å². The number of nitrogens with zero attached hydrogens (tertiary/aromatic N) is 2. The Kier molecular flexibility index (Phi) is 4.10. The van der Waals surface area contributed by atoms with Crippen LogP contribution in [0, 0.1) is 0 Å². The highest BCUT2D eigenvalue weighted by Gasteiger charge is 2.14. The van der Waals surface area contributed by atoms with Crippen LogP contribution in [0.5, 0.6) is 5.19 Å². The number of amides is 1. The Balaban J connectivity index is 1.51. The van der Waals surface area contributed by atoms with Crippen LogP contribution in [0.3, 0.4) is 0 Å². The molecule has 1 aromatic carbocycles. The summed E-state index contributed by atoms with van der Waals surface area (Å²) in [6, 6.07) is 7.78. The van der Waals surface area contributed by atoms with E-state index < -0.39 is 0 Å². The predicted octanol–water partition coefficient (Wildman–Crippen LogP) is 1.04. The van der Waals surface area contributed by atoms with Crippen molar-refractivity contribution in [3.63, 3.8) is 0 Å². The minimum atomic E-state index is -0.175. The fourth-order valence-electron chi connectivity index (χ4n) is 1.92. The summed E-state index contributed by atoms with van der Waals surface area (Å²) >= 11 is 1.44. The lowest BCUT2D eigenvalue weighted by Gasteiger charge is -2.26. The molecule has 1 amide bonds. The van der Waals surface area contributed by atoms with Crippen molar-refractivity contribution in [2.75, 3.05) is 32.9 Å². The molecule has 1 aliphatic heterocycles. The highest BCUT2D eigenvalue weighted by Crippen LogP contribution is 2.26. The first-order valence-electron chi connectivity index (χ1n) is 6.42. The summed E-state index contributed by atoms with van der Waals surface area (Å²) in [5, 5.41) is 2.36. The summed E-state index contributed by atoms with van der Waals surface area (Å²) in [4.78, 5) is 16.1. The van der Waals surface area contributed by atoms with Crippen molar-refractivity contribution in [1.82, 2.24) is 15.4 Å². The van der Waals surface area contributed by atoms with Gasteiger partial charge in [-0.2, -0.15) is 0 Å². The highest BCUT2D eigenvalue weighted by atomic mass is 32.1. The highest BCUT2D eigenvalue weighted by molar-refractivity contribution is 7.20. The summed E-state index contributed by atoms with van der Waals surface area (Å²) in [6.07, 6.45) is 0. The van der Waals surface area contributed by atoms with Gasteiger partial charge in [-0.1, -0.05) is 23.5 Å². The minimum absolute atomic E-state index is 0.0306. The molecule has 0 aliphatic carbocycles. The third-order valence-electron chi connectivity index (χ3n) is 2.89.